The minimum Gasteiger partial charge on any atom is -0.377 e. The van der Waals surface area contributed by atoms with Crippen LogP contribution in [-0.2, 0) is 12.8 Å². The van der Waals surface area contributed by atoms with Crippen LogP contribution in [0.3, 0.4) is 0 Å². The van der Waals surface area contributed by atoms with Crippen LogP contribution in [0.4, 0.5) is 11.4 Å². The average Bonchev–Trinajstić information content (AvgIpc) is 2.53. The molecule has 0 heterocycles. The third-order valence-electron chi connectivity index (χ3n) is 4.49. The molecular weight excluding hydrogens is 304 g/mol. The van der Waals surface area contributed by atoms with Crippen LogP contribution in [0.1, 0.15) is 41.7 Å². The molecule has 0 radical (unpaired) electrons. The molecule has 25 heavy (non-hydrogen) atoms. The zero-order valence-corrected chi connectivity index (χ0v) is 17.7. The van der Waals surface area contributed by atoms with E-state index in [1.54, 1.807) is 0 Å². The lowest BCUT2D eigenvalue weighted by Crippen LogP contribution is -2.13. The van der Waals surface area contributed by atoms with Gasteiger partial charge < -0.3 is 9.80 Å². The largest absolute Gasteiger partial charge is 0.377 e. The van der Waals surface area contributed by atoms with E-state index in [0.29, 0.717) is 0 Å². The Bertz CT molecular complexity index is 639. The molecule has 0 fully saturated rings. The Morgan fingerprint density at radius 3 is 1.40 bits per heavy atom. The number of anilines is 2. The van der Waals surface area contributed by atoms with Crippen LogP contribution in [0, 0.1) is 20.8 Å². The van der Waals surface area contributed by atoms with Gasteiger partial charge in [-0.05, 0) is 55.9 Å². The molecule has 138 valence electrons. The standard InChI is InChI=1S/C12H19N.C11H17N/c1-5-10-8-7-9-11(6-2)12(10)13(3)4;1-8-6-9(2)11(12(4)5)10(3)7-8/h7-9H,5-6H2,1-4H3;6-7H,1-5H3. The molecule has 0 aromatic heterocycles. The molecule has 2 rings (SSSR count). The fraction of sp³-hybridized carbons (Fsp3) is 0.478. The maximum absolute atomic E-state index is 2.22. The first-order valence-corrected chi connectivity index (χ1v) is 9.26. The molecule has 0 bridgehead atoms. The molecule has 0 amide bonds. The molecule has 0 N–H and O–H groups in total. The molecule has 0 saturated heterocycles. The molecular formula is C23H36N2. The highest BCUT2D eigenvalue weighted by molar-refractivity contribution is 5.59. The van der Waals surface area contributed by atoms with Crippen molar-refractivity contribution >= 4 is 11.4 Å². The molecule has 0 aliphatic rings. The SMILES string of the molecule is CCc1cccc(CC)c1N(C)C.Cc1cc(C)c(N(C)C)c(C)c1. The van der Waals surface area contributed by atoms with E-state index in [-0.39, 0.29) is 0 Å². The minimum atomic E-state index is 1.11. The van der Waals surface area contributed by atoms with Crippen molar-refractivity contribution in [1.82, 2.24) is 0 Å². The summed E-state index contributed by atoms with van der Waals surface area (Å²) in [7, 11) is 8.41. The molecule has 2 heteroatoms. The maximum Gasteiger partial charge on any atom is 0.0425 e. The van der Waals surface area contributed by atoms with E-state index >= 15 is 0 Å². The fourth-order valence-corrected chi connectivity index (χ4v) is 3.67. The van der Waals surface area contributed by atoms with Gasteiger partial charge in [0.05, 0.1) is 0 Å². The number of rotatable bonds is 4. The highest BCUT2D eigenvalue weighted by Crippen LogP contribution is 2.25. The van der Waals surface area contributed by atoms with Crippen LogP contribution < -0.4 is 9.80 Å². The molecule has 0 aliphatic heterocycles. The van der Waals surface area contributed by atoms with Crippen LogP contribution in [-0.4, -0.2) is 28.2 Å². The van der Waals surface area contributed by atoms with Gasteiger partial charge in [0, 0.05) is 39.6 Å². The van der Waals surface area contributed by atoms with Gasteiger partial charge in [0.15, 0.2) is 0 Å². The quantitative estimate of drug-likeness (QED) is 0.719. The molecule has 2 aromatic rings. The molecule has 0 unspecified atom stereocenters. The summed E-state index contributed by atoms with van der Waals surface area (Å²) in [4.78, 5) is 4.39. The molecule has 0 aliphatic carbocycles. The first kappa shape index (κ1) is 21.1. The van der Waals surface area contributed by atoms with Crippen molar-refractivity contribution in [2.45, 2.75) is 47.5 Å². The first-order valence-electron chi connectivity index (χ1n) is 9.26. The van der Waals surface area contributed by atoms with Crippen LogP contribution in [0.15, 0.2) is 30.3 Å². The predicted molar refractivity (Wildman–Crippen MR) is 115 cm³/mol. The normalized spacial score (nSPS) is 10.1. The smallest absolute Gasteiger partial charge is 0.0425 e. The van der Waals surface area contributed by atoms with Crippen LogP contribution >= 0.6 is 0 Å². The highest BCUT2D eigenvalue weighted by Gasteiger charge is 2.07. The second-order valence-corrected chi connectivity index (χ2v) is 7.17. The van der Waals surface area contributed by atoms with E-state index in [9.17, 15) is 0 Å². The van der Waals surface area contributed by atoms with Crippen molar-refractivity contribution in [3.63, 3.8) is 0 Å². The maximum atomic E-state index is 2.22. The van der Waals surface area contributed by atoms with E-state index in [4.69, 9.17) is 0 Å². The average molecular weight is 341 g/mol. The van der Waals surface area contributed by atoms with Gasteiger partial charge in [0.2, 0.25) is 0 Å². The summed E-state index contributed by atoms with van der Waals surface area (Å²) in [5.41, 5.74) is 9.72. The molecule has 0 saturated carbocycles. The van der Waals surface area contributed by atoms with Gasteiger partial charge in [-0.2, -0.15) is 0 Å². The number of para-hydroxylation sites is 1. The number of aryl methyl sites for hydroxylation is 5. The summed E-state index contributed by atoms with van der Waals surface area (Å²) >= 11 is 0. The Balaban J connectivity index is 0.000000251. The lowest BCUT2D eigenvalue weighted by atomic mass is 10.0. The van der Waals surface area contributed by atoms with Gasteiger partial charge in [0.1, 0.15) is 0 Å². The van der Waals surface area contributed by atoms with Crippen molar-refractivity contribution in [2.75, 3.05) is 38.0 Å². The van der Waals surface area contributed by atoms with Crippen molar-refractivity contribution < 1.29 is 0 Å². The summed E-state index contributed by atoms with van der Waals surface area (Å²) in [5.74, 6) is 0. The van der Waals surface area contributed by atoms with E-state index in [1.807, 2.05) is 0 Å². The zero-order valence-electron chi connectivity index (χ0n) is 17.7. The van der Waals surface area contributed by atoms with E-state index in [2.05, 4.69) is 103 Å². The lowest BCUT2D eigenvalue weighted by molar-refractivity contribution is 1.01. The fourth-order valence-electron chi connectivity index (χ4n) is 3.67. The van der Waals surface area contributed by atoms with Gasteiger partial charge in [-0.3, -0.25) is 0 Å². The molecule has 2 nitrogen and oxygen atoms in total. The molecule has 0 atom stereocenters. The van der Waals surface area contributed by atoms with Gasteiger partial charge in [-0.1, -0.05) is 49.7 Å². The van der Waals surface area contributed by atoms with E-state index in [0.717, 1.165) is 12.8 Å². The second kappa shape index (κ2) is 9.50. The van der Waals surface area contributed by atoms with Crippen molar-refractivity contribution in [3.05, 3.63) is 58.1 Å². The number of hydrogen-bond donors (Lipinski definition) is 0. The molecule has 2 aromatic carbocycles. The zero-order chi connectivity index (χ0) is 19.1. The number of nitrogens with zero attached hydrogens (tertiary/aromatic N) is 2. The number of benzene rings is 2. The topological polar surface area (TPSA) is 6.48 Å². The third kappa shape index (κ3) is 5.52. The van der Waals surface area contributed by atoms with Gasteiger partial charge >= 0.3 is 0 Å². The Morgan fingerprint density at radius 2 is 1.08 bits per heavy atom. The van der Waals surface area contributed by atoms with Crippen molar-refractivity contribution in [3.8, 4) is 0 Å². The van der Waals surface area contributed by atoms with Gasteiger partial charge in [-0.15, -0.1) is 0 Å². The van der Waals surface area contributed by atoms with E-state index < -0.39 is 0 Å². The van der Waals surface area contributed by atoms with E-state index in [1.165, 1.54) is 39.2 Å². The summed E-state index contributed by atoms with van der Waals surface area (Å²) in [6.07, 6.45) is 2.22. The number of hydrogen-bond acceptors (Lipinski definition) is 2. The Labute approximate surface area is 155 Å². The second-order valence-electron chi connectivity index (χ2n) is 7.17. The van der Waals surface area contributed by atoms with Crippen LogP contribution in [0.25, 0.3) is 0 Å². The summed E-state index contributed by atoms with van der Waals surface area (Å²) in [6.45, 7) is 10.9. The summed E-state index contributed by atoms with van der Waals surface area (Å²) < 4.78 is 0. The summed E-state index contributed by atoms with van der Waals surface area (Å²) in [5, 5.41) is 0. The van der Waals surface area contributed by atoms with Crippen LogP contribution in [0.2, 0.25) is 0 Å². The highest BCUT2D eigenvalue weighted by atomic mass is 15.1. The lowest BCUT2D eigenvalue weighted by Gasteiger charge is -2.20. The Morgan fingerprint density at radius 1 is 0.680 bits per heavy atom. The Kier molecular flexibility index (Phi) is 8.02. The van der Waals surface area contributed by atoms with Crippen LogP contribution in [0.5, 0.6) is 0 Å². The molecule has 0 spiro atoms. The third-order valence-corrected chi connectivity index (χ3v) is 4.49. The van der Waals surface area contributed by atoms with Crippen molar-refractivity contribution in [2.24, 2.45) is 0 Å². The van der Waals surface area contributed by atoms with Crippen molar-refractivity contribution in [1.29, 1.82) is 0 Å². The monoisotopic (exact) mass is 340 g/mol. The van der Waals surface area contributed by atoms with Gasteiger partial charge in [0.25, 0.3) is 0 Å². The predicted octanol–water partition coefficient (Wildman–Crippen LogP) is 5.56. The van der Waals surface area contributed by atoms with Gasteiger partial charge in [-0.25, -0.2) is 0 Å². The Hall–Kier alpha value is -1.96. The first-order chi connectivity index (χ1) is 11.7. The summed E-state index contributed by atoms with van der Waals surface area (Å²) in [6, 6.07) is 11.0. The minimum absolute atomic E-state index is 1.11.